The highest BCUT2D eigenvalue weighted by molar-refractivity contribution is 6.11. The lowest BCUT2D eigenvalue weighted by atomic mass is 9.99. The van der Waals surface area contributed by atoms with E-state index in [9.17, 15) is 0 Å². The second-order valence-corrected chi connectivity index (χ2v) is 17.2. The molecule has 0 bridgehead atoms. The molecule has 0 saturated heterocycles. The van der Waals surface area contributed by atoms with E-state index in [2.05, 4.69) is 252 Å². The van der Waals surface area contributed by atoms with Gasteiger partial charge in [-0.05, 0) is 118 Å². The number of nitrogens with zero attached hydrogens (tertiary/aromatic N) is 5. The number of aromatic nitrogens is 5. The van der Waals surface area contributed by atoms with Gasteiger partial charge in [0.1, 0.15) is 0 Å². The summed E-state index contributed by atoms with van der Waals surface area (Å²) < 4.78 is 4.70. The van der Waals surface area contributed by atoms with Crippen LogP contribution >= 0.6 is 0 Å². The summed E-state index contributed by atoms with van der Waals surface area (Å²) >= 11 is 0. The molecule has 0 unspecified atom stereocenters. The SMILES string of the molecule is c1ccc(-c2ccc3c(c2)c2ccccc2n3-c2ccc(-c3nc(-c4ccc(-n5c6ccccc6c6cc(-c7ccccc7)ccc65)cc4)nc(-c4ccccc4-c4ccccc4)n3)cc2)cc1. The van der Waals surface area contributed by atoms with E-state index in [1.165, 1.54) is 43.8 Å². The van der Waals surface area contributed by atoms with Crippen LogP contribution in [-0.2, 0) is 0 Å². The number of para-hydroxylation sites is 2. The van der Waals surface area contributed by atoms with Crippen molar-refractivity contribution >= 4 is 43.6 Å². The molecule has 0 N–H and O–H groups in total. The van der Waals surface area contributed by atoms with E-state index in [0.717, 1.165) is 61.3 Å². The Morgan fingerprint density at radius 3 is 1.04 bits per heavy atom. The van der Waals surface area contributed by atoms with Crippen LogP contribution < -0.4 is 0 Å². The molecule has 3 aromatic heterocycles. The maximum Gasteiger partial charge on any atom is 0.164 e. The van der Waals surface area contributed by atoms with Gasteiger partial charge in [0, 0.05) is 49.6 Å². The van der Waals surface area contributed by atoms with E-state index in [0.29, 0.717) is 17.5 Å². The number of rotatable bonds is 8. The first-order chi connectivity index (χ1) is 33.7. The first kappa shape index (κ1) is 39.2. The van der Waals surface area contributed by atoms with Crippen LogP contribution in [0.2, 0.25) is 0 Å². The summed E-state index contributed by atoms with van der Waals surface area (Å²) in [6.45, 7) is 0. The Kier molecular flexibility index (Phi) is 9.43. The van der Waals surface area contributed by atoms with E-state index in [-0.39, 0.29) is 0 Å². The second kappa shape index (κ2) is 16.4. The predicted molar refractivity (Wildman–Crippen MR) is 281 cm³/mol. The quantitative estimate of drug-likeness (QED) is 0.153. The molecule has 68 heavy (non-hydrogen) atoms. The second-order valence-electron chi connectivity index (χ2n) is 17.2. The molecule has 13 rings (SSSR count). The maximum atomic E-state index is 5.24. The van der Waals surface area contributed by atoms with Gasteiger partial charge in [-0.25, -0.2) is 15.0 Å². The van der Waals surface area contributed by atoms with Crippen molar-refractivity contribution in [1.82, 2.24) is 24.1 Å². The molecule has 0 atom stereocenters. The van der Waals surface area contributed by atoms with Crippen LogP contribution in [0.3, 0.4) is 0 Å². The zero-order valence-corrected chi connectivity index (χ0v) is 36.9. The molecule has 0 aliphatic carbocycles. The molecule has 10 aromatic carbocycles. The summed E-state index contributed by atoms with van der Waals surface area (Å²) in [5.74, 6) is 1.83. The minimum absolute atomic E-state index is 0.606. The Labute approximate surface area is 393 Å². The van der Waals surface area contributed by atoms with Gasteiger partial charge in [-0.2, -0.15) is 0 Å². The van der Waals surface area contributed by atoms with Crippen LogP contribution in [-0.4, -0.2) is 24.1 Å². The lowest BCUT2D eigenvalue weighted by Gasteiger charge is -2.13. The summed E-state index contributed by atoms with van der Waals surface area (Å²) in [6, 6.07) is 88.1. The molecule has 0 fully saturated rings. The van der Waals surface area contributed by atoms with Gasteiger partial charge in [-0.3, -0.25) is 0 Å². The monoisotopic (exact) mass is 867 g/mol. The molecule has 3 heterocycles. The van der Waals surface area contributed by atoms with Gasteiger partial charge in [0.15, 0.2) is 17.5 Å². The van der Waals surface area contributed by atoms with Crippen LogP contribution in [0.1, 0.15) is 0 Å². The molecule has 5 nitrogen and oxygen atoms in total. The molecule has 13 aromatic rings. The molecule has 0 amide bonds. The highest BCUT2D eigenvalue weighted by Crippen LogP contribution is 2.38. The molecule has 0 aliphatic heterocycles. The summed E-state index contributed by atoms with van der Waals surface area (Å²) in [5, 5.41) is 4.87. The summed E-state index contributed by atoms with van der Waals surface area (Å²) in [7, 11) is 0. The van der Waals surface area contributed by atoms with Crippen LogP contribution in [0.4, 0.5) is 0 Å². The van der Waals surface area contributed by atoms with E-state index >= 15 is 0 Å². The first-order valence-corrected chi connectivity index (χ1v) is 23.0. The van der Waals surface area contributed by atoms with E-state index in [1.807, 2.05) is 6.07 Å². The third-order valence-corrected chi connectivity index (χ3v) is 13.2. The molecular weight excluding hydrogens is 827 g/mol. The van der Waals surface area contributed by atoms with Crippen molar-refractivity contribution < 1.29 is 0 Å². The third kappa shape index (κ3) is 6.76. The molecule has 0 spiro atoms. The number of fused-ring (bicyclic) bond motifs is 6. The normalized spacial score (nSPS) is 11.5. The van der Waals surface area contributed by atoms with Gasteiger partial charge >= 0.3 is 0 Å². The van der Waals surface area contributed by atoms with Crippen molar-refractivity contribution in [3.63, 3.8) is 0 Å². The maximum absolute atomic E-state index is 5.24. The van der Waals surface area contributed by atoms with Crippen LogP contribution in [0, 0.1) is 0 Å². The Hall–Kier alpha value is -9.19. The minimum Gasteiger partial charge on any atom is -0.309 e. The van der Waals surface area contributed by atoms with E-state index < -0.39 is 0 Å². The van der Waals surface area contributed by atoms with Gasteiger partial charge in [-0.1, -0.05) is 164 Å². The Bertz CT molecular complexity index is 3770. The smallest absolute Gasteiger partial charge is 0.164 e. The number of hydrogen-bond donors (Lipinski definition) is 0. The van der Waals surface area contributed by atoms with Crippen LogP contribution in [0.25, 0.3) is 123 Å². The van der Waals surface area contributed by atoms with Gasteiger partial charge in [-0.15, -0.1) is 0 Å². The van der Waals surface area contributed by atoms with E-state index in [1.54, 1.807) is 0 Å². The summed E-state index contributed by atoms with van der Waals surface area (Å²) in [6.07, 6.45) is 0. The van der Waals surface area contributed by atoms with Crippen molar-refractivity contribution in [3.05, 3.63) is 249 Å². The average molecular weight is 868 g/mol. The number of hydrogen-bond acceptors (Lipinski definition) is 3. The van der Waals surface area contributed by atoms with Gasteiger partial charge < -0.3 is 9.13 Å². The molecule has 5 heteroatoms. The van der Waals surface area contributed by atoms with Gasteiger partial charge in [0.2, 0.25) is 0 Å². The molecule has 318 valence electrons. The topological polar surface area (TPSA) is 48.5 Å². The van der Waals surface area contributed by atoms with Crippen molar-refractivity contribution in [3.8, 4) is 78.9 Å². The highest BCUT2D eigenvalue weighted by Gasteiger charge is 2.19. The van der Waals surface area contributed by atoms with Crippen molar-refractivity contribution in [2.45, 2.75) is 0 Å². The van der Waals surface area contributed by atoms with Crippen LogP contribution in [0.5, 0.6) is 0 Å². The van der Waals surface area contributed by atoms with Gasteiger partial charge in [0.05, 0.1) is 22.1 Å². The lowest BCUT2D eigenvalue weighted by molar-refractivity contribution is 1.07. The Balaban J connectivity index is 0.921. The summed E-state index contributed by atoms with van der Waals surface area (Å²) in [5.41, 5.74) is 16.5. The molecule has 0 radical (unpaired) electrons. The van der Waals surface area contributed by atoms with Crippen molar-refractivity contribution in [2.24, 2.45) is 0 Å². The largest absolute Gasteiger partial charge is 0.309 e. The van der Waals surface area contributed by atoms with Crippen molar-refractivity contribution in [2.75, 3.05) is 0 Å². The summed E-state index contributed by atoms with van der Waals surface area (Å²) in [4.78, 5) is 15.7. The standard InChI is InChI=1S/C63H41N5/c1-4-16-42(17-5-1)47-32-38-59-55(40-47)52-23-12-14-26-57(52)67(59)49-34-28-45(29-35-49)61-64-62(66-63(65-61)54-25-11-10-22-51(54)44-20-8-3-9-21-44)46-30-36-50(37-31-46)68-58-27-15-13-24-53(58)56-41-48(33-39-60(56)68)43-18-6-2-7-19-43/h1-41H. The van der Waals surface area contributed by atoms with Gasteiger partial charge in [0.25, 0.3) is 0 Å². The third-order valence-electron chi connectivity index (χ3n) is 13.2. The van der Waals surface area contributed by atoms with Crippen molar-refractivity contribution in [1.29, 1.82) is 0 Å². The molecule has 0 saturated carbocycles. The Morgan fingerprint density at radius 1 is 0.221 bits per heavy atom. The Morgan fingerprint density at radius 2 is 0.574 bits per heavy atom. The first-order valence-electron chi connectivity index (χ1n) is 23.0. The lowest BCUT2D eigenvalue weighted by Crippen LogP contribution is -2.02. The fraction of sp³-hybridized carbons (Fsp3) is 0. The fourth-order valence-electron chi connectivity index (χ4n) is 9.94. The number of benzene rings is 10. The minimum atomic E-state index is 0.606. The van der Waals surface area contributed by atoms with Crippen LogP contribution in [0.15, 0.2) is 249 Å². The predicted octanol–water partition coefficient (Wildman–Crippen LogP) is 16.1. The zero-order chi connectivity index (χ0) is 45.0. The fourth-order valence-corrected chi connectivity index (χ4v) is 9.94. The zero-order valence-electron chi connectivity index (χ0n) is 36.9. The highest BCUT2D eigenvalue weighted by atomic mass is 15.0. The average Bonchev–Trinajstić information content (AvgIpc) is 3.94. The molecular formula is C63H41N5. The molecule has 0 aliphatic rings. The van der Waals surface area contributed by atoms with E-state index in [4.69, 9.17) is 15.0 Å².